The van der Waals surface area contributed by atoms with Gasteiger partial charge in [0.1, 0.15) is 0 Å². The minimum Gasteiger partial charge on any atom is -0.135 e. The second kappa shape index (κ2) is 9.50. The fraction of sp³-hybridized carbons (Fsp3) is 0. The van der Waals surface area contributed by atoms with Gasteiger partial charge in [0.15, 0.2) is 0 Å². The Kier molecular flexibility index (Phi) is 5.25. The largest absolute Gasteiger partial charge is 0.135 e. The molecule has 0 nitrogen and oxygen atoms in total. The SMILES string of the molecule is c1ccc2c(-c3c4ccccc4c(-c4ccc5c(c4)c4ccccc4c4c6ccccc6sc54)c4ccccc34)cccc2c1. The lowest BCUT2D eigenvalue weighted by molar-refractivity contribution is 1.69. The molecule has 0 atom stereocenters. The number of hydrogen-bond donors (Lipinski definition) is 0. The molecule has 9 aromatic carbocycles. The number of benzene rings is 9. The summed E-state index contributed by atoms with van der Waals surface area (Å²) >= 11 is 1.91. The van der Waals surface area contributed by atoms with Crippen molar-refractivity contribution >= 4 is 85.4 Å². The van der Waals surface area contributed by atoms with Gasteiger partial charge in [-0.15, -0.1) is 11.3 Å². The molecular weight excluding hydrogens is 561 g/mol. The molecule has 0 aliphatic carbocycles. The quantitative estimate of drug-likeness (QED) is 0.140. The zero-order valence-electron chi connectivity index (χ0n) is 24.4. The van der Waals surface area contributed by atoms with Crippen molar-refractivity contribution in [2.45, 2.75) is 0 Å². The predicted octanol–water partition coefficient (Wildman–Crippen LogP) is 13.2. The maximum atomic E-state index is 2.45. The van der Waals surface area contributed by atoms with Gasteiger partial charge >= 0.3 is 0 Å². The van der Waals surface area contributed by atoms with Gasteiger partial charge in [0.2, 0.25) is 0 Å². The first-order chi connectivity index (χ1) is 22.3. The van der Waals surface area contributed by atoms with E-state index in [1.165, 1.54) is 96.3 Å². The Morgan fingerprint density at radius 3 is 1.62 bits per heavy atom. The van der Waals surface area contributed by atoms with E-state index in [9.17, 15) is 0 Å². The summed E-state index contributed by atoms with van der Waals surface area (Å²) in [5.41, 5.74) is 5.14. The first kappa shape index (κ1) is 24.9. The summed E-state index contributed by atoms with van der Waals surface area (Å²) in [6, 6.07) is 58.4. The standard InChI is InChI=1S/C44H26S/c1-2-14-29-27(12-1)13-11-22-31(29)42-35-19-7-5-17-33(35)41(34-18-6-8-20-36(34)42)28-24-25-37-39(26-28)30-15-3-4-16-32(30)43-38-21-9-10-23-40(38)45-44(37)43/h1-26H. The number of fused-ring (bicyclic) bond motifs is 11. The van der Waals surface area contributed by atoms with Crippen LogP contribution in [0, 0.1) is 0 Å². The van der Waals surface area contributed by atoms with Crippen molar-refractivity contribution in [1.29, 1.82) is 0 Å². The van der Waals surface area contributed by atoms with Gasteiger partial charge < -0.3 is 0 Å². The van der Waals surface area contributed by atoms with Crippen LogP contribution in [-0.2, 0) is 0 Å². The van der Waals surface area contributed by atoms with E-state index in [0.29, 0.717) is 0 Å². The Labute approximate surface area is 264 Å². The fourth-order valence-corrected chi connectivity index (χ4v) is 8.99. The van der Waals surface area contributed by atoms with E-state index >= 15 is 0 Å². The topological polar surface area (TPSA) is 0 Å². The number of thiophene rings is 1. The zero-order valence-corrected chi connectivity index (χ0v) is 25.2. The van der Waals surface area contributed by atoms with Crippen LogP contribution in [0.1, 0.15) is 0 Å². The van der Waals surface area contributed by atoms with Crippen LogP contribution in [0.25, 0.3) is 96.3 Å². The predicted molar refractivity (Wildman–Crippen MR) is 198 cm³/mol. The molecule has 45 heavy (non-hydrogen) atoms. The van der Waals surface area contributed by atoms with Crippen molar-refractivity contribution in [2.75, 3.05) is 0 Å². The number of rotatable bonds is 2. The normalized spacial score (nSPS) is 12.0. The van der Waals surface area contributed by atoms with E-state index < -0.39 is 0 Å². The van der Waals surface area contributed by atoms with Crippen LogP contribution in [0.3, 0.4) is 0 Å². The highest BCUT2D eigenvalue weighted by atomic mass is 32.1. The Morgan fingerprint density at radius 2 is 0.889 bits per heavy atom. The van der Waals surface area contributed by atoms with E-state index in [2.05, 4.69) is 158 Å². The third-order valence-electron chi connectivity index (χ3n) is 9.63. The van der Waals surface area contributed by atoms with Crippen molar-refractivity contribution < 1.29 is 0 Å². The van der Waals surface area contributed by atoms with Gasteiger partial charge in [-0.1, -0.05) is 146 Å². The summed E-state index contributed by atoms with van der Waals surface area (Å²) in [6.07, 6.45) is 0. The summed E-state index contributed by atoms with van der Waals surface area (Å²) < 4.78 is 2.72. The molecule has 0 N–H and O–H groups in total. The van der Waals surface area contributed by atoms with Crippen LogP contribution < -0.4 is 0 Å². The minimum atomic E-state index is 1.25. The summed E-state index contributed by atoms with van der Waals surface area (Å²) in [6.45, 7) is 0. The van der Waals surface area contributed by atoms with Crippen molar-refractivity contribution in [1.82, 2.24) is 0 Å². The van der Waals surface area contributed by atoms with Crippen LogP contribution in [-0.4, -0.2) is 0 Å². The summed E-state index contributed by atoms with van der Waals surface area (Å²) in [5, 5.41) is 15.7. The van der Waals surface area contributed by atoms with Gasteiger partial charge in [0.25, 0.3) is 0 Å². The van der Waals surface area contributed by atoms with E-state index in [1.54, 1.807) is 0 Å². The molecule has 0 amide bonds. The third-order valence-corrected chi connectivity index (χ3v) is 10.8. The molecule has 0 bridgehead atoms. The van der Waals surface area contributed by atoms with E-state index in [-0.39, 0.29) is 0 Å². The second-order valence-electron chi connectivity index (χ2n) is 12.0. The molecule has 0 radical (unpaired) electrons. The molecule has 10 rings (SSSR count). The maximum Gasteiger partial charge on any atom is 0.0440 e. The summed E-state index contributed by atoms with van der Waals surface area (Å²) in [4.78, 5) is 0. The maximum absolute atomic E-state index is 2.45. The lowest BCUT2D eigenvalue weighted by Crippen LogP contribution is -1.92. The summed E-state index contributed by atoms with van der Waals surface area (Å²) in [7, 11) is 0. The van der Waals surface area contributed by atoms with Gasteiger partial charge in [-0.05, 0) is 82.9 Å². The average molecular weight is 587 g/mol. The van der Waals surface area contributed by atoms with Crippen LogP contribution in [0.2, 0.25) is 0 Å². The van der Waals surface area contributed by atoms with Crippen molar-refractivity contribution in [3.8, 4) is 22.3 Å². The highest BCUT2D eigenvalue weighted by Gasteiger charge is 2.19. The molecular formula is C44H26S. The molecule has 0 saturated heterocycles. The molecule has 0 unspecified atom stereocenters. The molecule has 0 spiro atoms. The molecule has 1 heterocycles. The monoisotopic (exact) mass is 586 g/mol. The lowest BCUT2D eigenvalue weighted by Gasteiger charge is -2.19. The van der Waals surface area contributed by atoms with Crippen molar-refractivity contribution in [2.24, 2.45) is 0 Å². The van der Waals surface area contributed by atoms with Crippen molar-refractivity contribution in [3.63, 3.8) is 0 Å². The molecule has 10 aromatic rings. The van der Waals surface area contributed by atoms with E-state index in [4.69, 9.17) is 0 Å². The highest BCUT2D eigenvalue weighted by molar-refractivity contribution is 7.27. The molecule has 208 valence electrons. The van der Waals surface area contributed by atoms with Gasteiger partial charge in [0, 0.05) is 25.6 Å². The second-order valence-corrected chi connectivity index (χ2v) is 13.0. The van der Waals surface area contributed by atoms with E-state index in [0.717, 1.165) is 0 Å². The van der Waals surface area contributed by atoms with Crippen LogP contribution in [0.4, 0.5) is 0 Å². The average Bonchev–Trinajstić information content (AvgIpc) is 3.50. The van der Waals surface area contributed by atoms with Crippen molar-refractivity contribution in [3.05, 3.63) is 158 Å². The Hall–Kier alpha value is -5.50. The fourth-order valence-electron chi connectivity index (χ4n) is 7.73. The minimum absolute atomic E-state index is 1.25. The van der Waals surface area contributed by atoms with Gasteiger partial charge in [-0.25, -0.2) is 0 Å². The van der Waals surface area contributed by atoms with Gasteiger partial charge in [0.05, 0.1) is 0 Å². The molecule has 0 saturated carbocycles. The zero-order chi connectivity index (χ0) is 29.5. The Balaban J connectivity index is 1.34. The van der Waals surface area contributed by atoms with Crippen LogP contribution in [0.5, 0.6) is 0 Å². The smallest absolute Gasteiger partial charge is 0.0440 e. The molecule has 0 aliphatic heterocycles. The van der Waals surface area contributed by atoms with Crippen LogP contribution >= 0.6 is 11.3 Å². The van der Waals surface area contributed by atoms with Crippen LogP contribution in [0.15, 0.2) is 158 Å². The van der Waals surface area contributed by atoms with E-state index in [1.807, 2.05) is 11.3 Å². The first-order valence-corrected chi connectivity index (χ1v) is 16.3. The number of hydrogen-bond acceptors (Lipinski definition) is 1. The third kappa shape index (κ3) is 3.53. The molecule has 0 aliphatic rings. The highest BCUT2D eigenvalue weighted by Crippen LogP contribution is 2.48. The summed E-state index contributed by atoms with van der Waals surface area (Å²) in [5.74, 6) is 0. The lowest BCUT2D eigenvalue weighted by atomic mass is 9.84. The van der Waals surface area contributed by atoms with Gasteiger partial charge in [-0.2, -0.15) is 0 Å². The van der Waals surface area contributed by atoms with Gasteiger partial charge in [-0.3, -0.25) is 0 Å². The molecule has 0 fully saturated rings. The first-order valence-electron chi connectivity index (χ1n) is 15.5. The Bertz CT molecular complexity index is 2750. The molecule has 1 aromatic heterocycles. The Morgan fingerprint density at radius 1 is 0.333 bits per heavy atom. The molecule has 1 heteroatoms.